The molecule has 1 fully saturated rings. The van der Waals surface area contributed by atoms with E-state index in [0.29, 0.717) is 23.8 Å². The van der Waals surface area contributed by atoms with Crippen LogP contribution in [0.4, 0.5) is 4.79 Å². The highest BCUT2D eigenvalue weighted by atomic mass is 32.2. The quantitative estimate of drug-likeness (QED) is 0.0682. The summed E-state index contributed by atoms with van der Waals surface area (Å²) in [7, 11) is 1.31. The zero-order valence-electron chi connectivity index (χ0n) is 34.2. The number of esters is 1. The number of oxazole rings is 1. The minimum absolute atomic E-state index is 0.0355. The normalized spacial score (nSPS) is 16.6. The molecule has 2 amide bonds. The first-order chi connectivity index (χ1) is 30.4. The van der Waals surface area contributed by atoms with Crippen molar-refractivity contribution in [3.63, 3.8) is 0 Å². The summed E-state index contributed by atoms with van der Waals surface area (Å²) in [4.78, 5) is 30.6. The Bertz CT molecular complexity index is 2480. The van der Waals surface area contributed by atoms with Crippen LogP contribution in [0.25, 0.3) is 33.7 Å². The number of aliphatic hydroxyl groups excluding tert-OH is 1. The standard InChI is InChI=1S/C51H47N3O7S/c1-58-48(56)44(29-34-13-5-2-6-14-34)53-50(57)52-31-41-19-11-12-20-43(41)36-25-27-40(28-26-36)49-59-42(30-45(60-49)37-23-21-35(32-55)22-24-37)33-62-51-54-46(38-15-7-3-8-16-38)47(61-51)39-17-9-4-10-18-39/h2-28,42,44-45,49,55H,29-33H2,1H3,(H2,52,53,57). The van der Waals surface area contributed by atoms with E-state index >= 15 is 0 Å². The number of hydrogen-bond donors (Lipinski definition) is 3. The Kier molecular flexibility index (Phi) is 13.9. The van der Waals surface area contributed by atoms with Gasteiger partial charge in [0.05, 0.1) is 25.9 Å². The lowest BCUT2D eigenvalue weighted by Gasteiger charge is -2.36. The van der Waals surface area contributed by atoms with Crippen molar-refractivity contribution in [1.82, 2.24) is 15.6 Å². The Labute approximate surface area is 365 Å². The Morgan fingerprint density at radius 2 is 1.39 bits per heavy atom. The Balaban J connectivity index is 0.974. The van der Waals surface area contributed by atoms with Gasteiger partial charge in [-0.3, -0.25) is 0 Å². The number of thioether (sulfide) groups is 1. The van der Waals surface area contributed by atoms with E-state index in [4.69, 9.17) is 23.6 Å². The van der Waals surface area contributed by atoms with E-state index in [1.54, 1.807) is 0 Å². The SMILES string of the molecule is COC(=O)C(Cc1ccccc1)NC(=O)NCc1ccccc1-c1ccc(C2OC(CSc3nc(-c4ccccc4)c(-c4ccccc4)o3)CC(c3ccc(CO)cc3)O2)cc1. The van der Waals surface area contributed by atoms with Crippen LogP contribution in [0.2, 0.25) is 0 Å². The summed E-state index contributed by atoms with van der Waals surface area (Å²) in [6.45, 7) is 0.199. The van der Waals surface area contributed by atoms with Crippen molar-refractivity contribution in [2.75, 3.05) is 12.9 Å². The van der Waals surface area contributed by atoms with E-state index in [1.165, 1.54) is 18.9 Å². The van der Waals surface area contributed by atoms with Crippen LogP contribution in [0.3, 0.4) is 0 Å². The number of ether oxygens (including phenoxy) is 3. The molecule has 0 radical (unpaired) electrons. The van der Waals surface area contributed by atoms with E-state index in [1.807, 2.05) is 164 Å². The largest absolute Gasteiger partial charge is 0.467 e. The molecule has 3 N–H and O–H groups in total. The van der Waals surface area contributed by atoms with E-state index in [0.717, 1.165) is 61.5 Å². The minimum atomic E-state index is -0.839. The third-order valence-corrected chi connectivity index (χ3v) is 11.7. The van der Waals surface area contributed by atoms with E-state index in [2.05, 4.69) is 10.6 Å². The average molecular weight is 846 g/mol. The van der Waals surface area contributed by atoms with Gasteiger partial charge in [-0.1, -0.05) is 176 Å². The molecule has 10 nitrogen and oxygen atoms in total. The number of hydrogen-bond acceptors (Lipinski definition) is 9. The molecule has 6 aromatic carbocycles. The molecule has 1 aliphatic heterocycles. The fraction of sp³-hybridized carbons (Fsp3) is 0.196. The summed E-state index contributed by atoms with van der Waals surface area (Å²) < 4.78 is 24.8. The first-order valence-electron chi connectivity index (χ1n) is 20.5. The van der Waals surface area contributed by atoms with Crippen LogP contribution in [0, 0.1) is 0 Å². The second kappa shape index (κ2) is 20.4. The molecule has 1 saturated heterocycles. The van der Waals surface area contributed by atoms with Crippen LogP contribution in [-0.2, 0) is 38.6 Å². The predicted octanol–water partition coefficient (Wildman–Crippen LogP) is 10.1. The first-order valence-corrected chi connectivity index (χ1v) is 21.5. The molecule has 11 heteroatoms. The second-order valence-electron chi connectivity index (χ2n) is 14.9. The maximum Gasteiger partial charge on any atom is 0.328 e. The van der Waals surface area contributed by atoms with Gasteiger partial charge in [-0.25, -0.2) is 14.6 Å². The maximum atomic E-state index is 13.1. The molecule has 0 aliphatic carbocycles. The Hall–Kier alpha value is -6.50. The van der Waals surface area contributed by atoms with Gasteiger partial charge in [0.25, 0.3) is 5.22 Å². The van der Waals surface area contributed by atoms with Crippen molar-refractivity contribution in [2.45, 2.75) is 55.8 Å². The third-order valence-electron chi connectivity index (χ3n) is 10.7. The first kappa shape index (κ1) is 42.2. The second-order valence-corrected chi connectivity index (χ2v) is 15.9. The van der Waals surface area contributed by atoms with Crippen molar-refractivity contribution in [3.8, 4) is 33.7 Å². The number of nitrogens with one attached hydrogen (secondary N) is 2. The van der Waals surface area contributed by atoms with E-state index in [9.17, 15) is 14.7 Å². The number of aromatic nitrogens is 1. The number of urea groups is 1. The van der Waals surface area contributed by atoms with Crippen LogP contribution in [-0.4, -0.2) is 47.1 Å². The lowest BCUT2D eigenvalue weighted by atomic mass is 9.98. The summed E-state index contributed by atoms with van der Waals surface area (Å²) in [5.41, 5.74) is 9.12. The maximum absolute atomic E-state index is 13.1. The number of rotatable bonds is 15. The molecule has 0 bridgehead atoms. The summed E-state index contributed by atoms with van der Waals surface area (Å²) >= 11 is 1.52. The molecule has 8 rings (SSSR count). The molecule has 4 atom stereocenters. The number of nitrogens with zero attached hydrogens (tertiary/aromatic N) is 1. The molecule has 1 aromatic heterocycles. The Morgan fingerprint density at radius 3 is 2.08 bits per heavy atom. The lowest BCUT2D eigenvalue weighted by molar-refractivity contribution is -0.245. The van der Waals surface area contributed by atoms with Crippen LogP contribution in [0.15, 0.2) is 173 Å². The summed E-state index contributed by atoms with van der Waals surface area (Å²) in [5.74, 6) is 0.779. The monoisotopic (exact) mass is 845 g/mol. The van der Waals surface area contributed by atoms with Crippen molar-refractivity contribution < 1.29 is 33.3 Å². The summed E-state index contributed by atoms with van der Waals surface area (Å²) in [6.07, 6.45) is -0.216. The number of aliphatic hydroxyl groups is 1. The predicted molar refractivity (Wildman–Crippen MR) is 240 cm³/mol. The van der Waals surface area contributed by atoms with Crippen molar-refractivity contribution in [1.29, 1.82) is 0 Å². The van der Waals surface area contributed by atoms with Gasteiger partial charge in [-0.2, -0.15) is 0 Å². The topological polar surface area (TPSA) is 132 Å². The fourth-order valence-corrected chi connectivity index (χ4v) is 8.31. The molecule has 2 heterocycles. The summed E-state index contributed by atoms with van der Waals surface area (Å²) in [5, 5.41) is 15.9. The average Bonchev–Trinajstić information content (AvgIpc) is 3.78. The van der Waals surface area contributed by atoms with Gasteiger partial charge in [-0.05, 0) is 33.4 Å². The third kappa shape index (κ3) is 10.5. The van der Waals surface area contributed by atoms with Crippen LogP contribution >= 0.6 is 11.8 Å². The molecule has 314 valence electrons. The van der Waals surface area contributed by atoms with Gasteiger partial charge in [0.1, 0.15) is 11.7 Å². The molecule has 62 heavy (non-hydrogen) atoms. The van der Waals surface area contributed by atoms with Crippen LogP contribution < -0.4 is 10.6 Å². The highest BCUT2D eigenvalue weighted by Gasteiger charge is 2.33. The van der Waals surface area contributed by atoms with E-state index < -0.39 is 24.3 Å². The van der Waals surface area contributed by atoms with E-state index in [-0.39, 0.29) is 25.4 Å². The van der Waals surface area contributed by atoms with Crippen molar-refractivity contribution >= 4 is 23.8 Å². The van der Waals surface area contributed by atoms with Gasteiger partial charge in [-0.15, -0.1) is 0 Å². The molecule has 0 saturated carbocycles. The highest BCUT2D eigenvalue weighted by Crippen LogP contribution is 2.41. The highest BCUT2D eigenvalue weighted by molar-refractivity contribution is 7.99. The lowest BCUT2D eigenvalue weighted by Crippen LogP contribution is -2.47. The molecular formula is C51H47N3O7S. The Morgan fingerprint density at radius 1 is 0.742 bits per heavy atom. The number of carbonyl (C=O) groups excluding carboxylic acids is 2. The number of benzene rings is 6. The van der Waals surface area contributed by atoms with Gasteiger partial charge in [0.15, 0.2) is 12.1 Å². The number of amides is 2. The number of methoxy groups -OCH3 is 1. The molecular weight excluding hydrogens is 799 g/mol. The zero-order valence-corrected chi connectivity index (χ0v) is 35.0. The minimum Gasteiger partial charge on any atom is -0.467 e. The molecule has 0 spiro atoms. The van der Waals surface area contributed by atoms with Gasteiger partial charge in [0, 0.05) is 41.8 Å². The smallest absolute Gasteiger partial charge is 0.328 e. The van der Waals surface area contributed by atoms with Gasteiger partial charge >= 0.3 is 12.0 Å². The van der Waals surface area contributed by atoms with Crippen molar-refractivity contribution in [2.24, 2.45) is 0 Å². The summed E-state index contributed by atoms with van der Waals surface area (Å²) in [6, 6.07) is 52.0. The zero-order chi connectivity index (χ0) is 42.7. The fourth-order valence-electron chi connectivity index (χ4n) is 7.47. The van der Waals surface area contributed by atoms with Gasteiger partial charge in [0.2, 0.25) is 0 Å². The van der Waals surface area contributed by atoms with Crippen molar-refractivity contribution in [3.05, 3.63) is 192 Å². The molecule has 4 unspecified atom stereocenters. The molecule has 1 aliphatic rings. The molecule has 7 aromatic rings. The van der Waals surface area contributed by atoms with Crippen LogP contribution in [0.1, 0.15) is 46.6 Å². The number of carbonyl (C=O) groups is 2. The van der Waals surface area contributed by atoms with Crippen LogP contribution in [0.5, 0.6) is 0 Å². The van der Waals surface area contributed by atoms with Gasteiger partial charge < -0.3 is 34.4 Å².